The molecule has 1 aromatic heterocycles. The van der Waals surface area contributed by atoms with Gasteiger partial charge in [-0.2, -0.15) is 0 Å². The van der Waals surface area contributed by atoms with Crippen molar-refractivity contribution in [3.05, 3.63) is 36.2 Å². The predicted octanol–water partition coefficient (Wildman–Crippen LogP) is 3.17. The van der Waals surface area contributed by atoms with Crippen molar-refractivity contribution in [2.24, 2.45) is 4.99 Å². The second kappa shape index (κ2) is 6.09. The van der Waals surface area contributed by atoms with E-state index in [4.69, 9.17) is 0 Å². The van der Waals surface area contributed by atoms with Gasteiger partial charge in [-0.05, 0) is 32.0 Å². The monoisotopic (exact) mass is 254 g/mol. The smallest absolute Gasteiger partial charge is 0.0914 e. The maximum atomic E-state index is 4.65. The first-order valence-electron chi connectivity index (χ1n) is 6.38. The van der Waals surface area contributed by atoms with Crippen molar-refractivity contribution in [3.63, 3.8) is 0 Å². The van der Waals surface area contributed by atoms with Gasteiger partial charge in [0.1, 0.15) is 0 Å². The van der Waals surface area contributed by atoms with Gasteiger partial charge in [-0.25, -0.2) is 4.98 Å². The van der Waals surface area contributed by atoms with E-state index >= 15 is 0 Å². The summed E-state index contributed by atoms with van der Waals surface area (Å²) in [6, 6.07) is 6.02. The molecule has 0 bridgehead atoms. The van der Waals surface area contributed by atoms with Crippen molar-refractivity contribution < 1.29 is 0 Å². The van der Waals surface area contributed by atoms with E-state index in [1.807, 2.05) is 31.2 Å². The average molecular weight is 254 g/mol. The Hall–Kier alpha value is -2.23. The Bertz CT molecular complexity index is 629. The molecule has 4 heteroatoms. The third-order valence-electron chi connectivity index (χ3n) is 2.80. The van der Waals surface area contributed by atoms with E-state index in [0.717, 1.165) is 34.5 Å². The van der Waals surface area contributed by atoms with Crippen molar-refractivity contribution in [1.29, 1.82) is 0 Å². The number of allylic oxidation sites excluding steroid dienone is 2. The van der Waals surface area contributed by atoms with E-state index in [-0.39, 0.29) is 0 Å². The van der Waals surface area contributed by atoms with Crippen molar-refractivity contribution in [3.8, 4) is 0 Å². The molecule has 4 nitrogen and oxygen atoms in total. The first-order valence-corrected chi connectivity index (χ1v) is 6.38. The van der Waals surface area contributed by atoms with Crippen LogP contribution in [0.3, 0.4) is 0 Å². The zero-order valence-corrected chi connectivity index (χ0v) is 11.5. The SMILES string of the molecule is C/C=C(\C=NC)c1cnc2ccc(NCC)cc2n1. The Morgan fingerprint density at radius 3 is 2.89 bits per heavy atom. The van der Waals surface area contributed by atoms with Gasteiger partial charge >= 0.3 is 0 Å². The maximum Gasteiger partial charge on any atom is 0.0914 e. The molecule has 0 saturated carbocycles. The average Bonchev–Trinajstić information content (AvgIpc) is 2.44. The molecule has 2 rings (SSSR count). The van der Waals surface area contributed by atoms with Gasteiger partial charge < -0.3 is 5.32 Å². The lowest BCUT2D eigenvalue weighted by Gasteiger charge is -2.06. The van der Waals surface area contributed by atoms with Gasteiger partial charge in [0.05, 0.1) is 22.9 Å². The number of aromatic nitrogens is 2. The Labute approximate surface area is 113 Å². The van der Waals surface area contributed by atoms with Crippen LogP contribution in [0.15, 0.2) is 35.5 Å². The number of benzene rings is 1. The molecule has 1 N–H and O–H groups in total. The van der Waals surface area contributed by atoms with E-state index in [1.165, 1.54) is 0 Å². The van der Waals surface area contributed by atoms with Gasteiger partial charge in [0.15, 0.2) is 0 Å². The van der Waals surface area contributed by atoms with Gasteiger partial charge in [0, 0.05) is 31.1 Å². The van der Waals surface area contributed by atoms with Crippen LogP contribution in [0.5, 0.6) is 0 Å². The Balaban J connectivity index is 2.48. The Morgan fingerprint density at radius 1 is 1.37 bits per heavy atom. The lowest BCUT2D eigenvalue weighted by atomic mass is 10.2. The van der Waals surface area contributed by atoms with E-state index in [9.17, 15) is 0 Å². The van der Waals surface area contributed by atoms with Crippen LogP contribution in [0, 0.1) is 0 Å². The van der Waals surface area contributed by atoms with Crippen LogP contribution in [0.4, 0.5) is 5.69 Å². The van der Waals surface area contributed by atoms with Crippen LogP contribution >= 0.6 is 0 Å². The van der Waals surface area contributed by atoms with E-state index in [2.05, 4.69) is 27.2 Å². The third-order valence-corrected chi connectivity index (χ3v) is 2.80. The third kappa shape index (κ3) is 2.96. The number of fused-ring (bicyclic) bond motifs is 1. The minimum Gasteiger partial charge on any atom is -0.385 e. The summed E-state index contributed by atoms with van der Waals surface area (Å²) in [5.41, 5.74) is 4.67. The topological polar surface area (TPSA) is 50.2 Å². The fraction of sp³-hybridized carbons (Fsp3) is 0.267. The minimum atomic E-state index is 0.842. The number of hydrogen-bond donors (Lipinski definition) is 1. The molecule has 0 spiro atoms. The van der Waals surface area contributed by atoms with Gasteiger partial charge in [-0.3, -0.25) is 9.98 Å². The van der Waals surface area contributed by atoms with Crippen molar-refractivity contribution >= 4 is 28.5 Å². The van der Waals surface area contributed by atoms with Gasteiger partial charge in [-0.15, -0.1) is 0 Å². The molecular formula is C15H18N4. The van der Waals surface area contributed by atoms with Crippen molar-refractivity contribution in [2.75, 3.05) is 18.9 Å². The molecule has 1 heterocycles. The van der Waals surface area contributed by atoms with E-state index in [1.54, 1.807) is 19.5 Å². The Morgan fingerprint density at radius 2 is 2.21 bits per heavy atom. The van der Waals surface area contributed by atoms with Crippen LogP contribution in [0.25, 0.3) is 16.6 Å². The number of nitrogens with one attached hydrogen (secondary N) is 1. The summed E-state index contributed by atoms with van der Waals surface area (Å²) in [7, 11) is 1.75. The van der Waals surface area contributed by atoms with Gasteiger partial charge in [0.25, 0.3) is 0 Å². The molecule has 0 saturated heterocycles. The standard InChI is InChI=1S/C15H18N4/c1-4-11(9-16-3)15-10-18-13-7-6-12(17-5-2)8-14(13)19-15/h4,6-10,17H,5H2,1-3H3/b11-4+,16-9?. The zero-order chi connectivity index (χ0) is 13.7. The summed E-state index contributed by atoms with van der Waals surface area (Å²) in [6.07, 6.45) is 5.56. The largest absolute Gasteiger partial charge is 0.385 e. The van der Waals surface area contributed by atoms with Gasteiger partial charge in [0.2, 0.25) is 0 Å². The summed E-state index contributed by atoms with van der Waals surface area (Å²) < 4.78 is 0. The highest BCUT2D eigenvalue weighted by Crippen LogP contribution is 2.18. The fourth-order valence-corrected chi connectivity index (χ4v) is 1.89. The predicted molar refractivity (Wildman–Crippen MR) is 81.8 cm³/mol. The fourth-order valence-electron chi connectivity index (χ4n) is 1.89. The van der Waals surface area contributed by atoms with E-state index < -0.39 is 0 Å². The molecule has 0 atom stereocenters. The molecule has 19 heavy (non-hydrogen) atoms. The molecule has 1 aromatic carbocycles. The number of hydrogen-bond acceptors (Lipinski definition) is 4. The highest BCUT2D eigenvalue weighted by atomic mass is 14.9. The zero-order valence-electron chi connectivity index (χ0n) is 11.5. The molecule has 0 fully saturated rings. The second-order valence-electron chi connectivity index (χ2n) is 4.12. The first-order chi connectivity index (χ1) is 9.28. The maximum absolute atomic E-state index is 4.65. The number of anilines is 1. The second-order valence-corrected chi connectivity index (χ2v) is 4.12. The molecule has 2 aromatic rings. The summed E-state index contributed by atoms with van der Waals surface area (Å²) in [4.78, 5) is 13.1. The molecule has 0 unspecified atom stereocenters. The van der Waals surface area contributed by atoms with Crippen LogP contribution in [0.1, 0.15) is 19.5 Å². The van der Waals surface area contributed by atoms with Crippen LogP contribution in [-0.4, -0.2) is 29.8 Å². The molecule has 0 radical (unpaired) electrons. The highest BCUT2D eigenvalue weighted by Gasteiger charge is 2.04. The summed E-state index contributed by atoms with van der Waals surface area (Å²) in [6.45, 7) is 4.93. The lowest BCUT2D eigenvalue weighted by molar-refractivity contribution is 1.21. The number of nitrogens with zero attached hydrogens (tertiary/aromatic N) is 3. The molecule has 0 amide bonds. The molecule has 0 aliphatic heterocycles. The first kappa shape index (κ1) is 13.2. The van der Waals surface area contributed by atoms with Gasteiger partial charge in [-0.1, -0.05) is 6.08 Å². The molecule has 0 aliphatic rings. The number of rotatable bonds is 4. The summed E-state index contributed by atoms with van der Waals surface area (Å²) in [5, 5.41) is 3.28. The van der Waals surface area contributed by atoms with E-state index in [0.29, 0.717) is 0 Å². The van der Waals surface area contributed by atoms with Crippen LogP contribution in [0.2, 0.25) is 0 Å². The van der Waals surface area contributed by atoms with Crippen LogP contribution in [-0.2, 0) is 0 Å². The molecular weight excluding hydrogens is 236 g/mol. The summed E-state index contributed by atoms with van der Waals surface area (Å²) >= 11 is 0. The quantitative estimate of drug-likeness (QED) is 0.853. The molecule has 0 aliphatic carbocycles. The van der Waals surface area contributed by atoms with Crippen molar-refractivity contribution in [2.45, 2.75) is 13.8 Å². The normalized spacial score (nSPS) is 12.3. The van der Waals surface area contributed by atoms with Crippen molar-refractivity contribution in [1.82, 2.24) is 9.97 Å². The minimum absolute atomic E-state index is 0.842. The summed E-state index contributed by atoms with van der Waals surface area (Å²) in [5.74, 6) is 0. The van der Waals surface area contributed by atoms with Crippen LogP contribution < -0.4 is 5.32 Å². The highest BCUT2D eigenvalue weighted by molar-refractivity contribution is 6.09. The Kier molecular flexibility index (Phi) is 4.23. The lowest BCUT2D eigenvalue weighted by Crippen LogP contribution is -1.98. The molecule has 98 valence electrons. The number of aliphatic imine (C=N–C) groups is 1.